The molecule has 0 bridgehead atoms. The zero-order valence-electron chi connectivity index (χ0n) is 9.77. The number of hydrogen-bond donors (Lipinski definition) is 1. The van der Waals surface area contributed by atoms with Crippen LogP contribution in [-0.2, 0) is 11.2 Å². The Morgan fingerprint density at radius 2 is 2.24 bits per heavy atom. The second kappa shape index (κ2) is 4.75. The molecule has 0 aliphatic heterocycles. The quantitative estimate of drug-likeness (QED) is 0.906. The lowest BCUT2D eigenvalue weighted by atomic mass is 9.99. The molecule has 0 radical (unpaired) electrons. The minimum absolute atomic E-state index is 0.403. The molecule has 2 rings (SSSR count). The number of fused-ring (bicyclic) bond motifs is 1. The van der Waals surface area contributed by atoms with Gasteiger partial charge in [0, 0.05) is 10.1 Å². The Morgan fingerprint density at radius 1 is 1.47 bits per heavy atom. The molecule has 1 N–H and O–H groups in total. The summed E-state index contributed by atoms with van der Waals surface area (Å²) in [6.07, 6.45) is 0.490. The van der Waals surface area contributed by atoms with Crippen LogP contribution in [0.25, 0.3) is 10.1 Å². The third-order valence-corrected chi connectivity index (χ3v) is 3.70. The number of hydrogen-bond acceptors (Lipinski definition) is 3. The highest BCUT2D eigenvalue weighted by Gasteiger charge is 2.16. The van der Waals surface area contributed by atoms with E-state index in [4.69, 9.17) is 9.84 Å². The van der Waals surface area contributed by atoms with Crippen LogP contribution in [0.1, 0.15) is 12.5 Å². The van der Waals surface area contributed by atoms with Crippen molar-refractivity contribution in [2.24, 2.45) is 5.92 Å². The molecule has 4 heteroatoms. The van der Waals surface area contributed by atoms with E-state index in [1.807, 2.05) is 23.6 Å². The van der Waals surface area contributed by atoms with E-state index in [0.29, 0.717) is 6.42 Å². The topological polar surface area (TPSA) is 46.5 Å². The fourth-order valence-corrected chi connectivity index (χ4v) is 2.67. The van der Waals surface area contributed by atoms with Crippen LogP contribution in [0, 0.1) is 5.92 Å². The number of carboxylic acids is 1. The van der Waals surface area contributed by atoms with Crippen molar-refractivity contribution in [3.63, 3.8) is 0 Å². The average Bonchev–Trinajstić information content (AvgIpc) is 2.76. The third kappa shape index (κ3) is 2.26. The Balaban J connectivity index is 2.42. The molecule has 90 valence electrons. The molecular formula is C13H14O3S. The fraction of sp³-hybridized carbons (Fsp3) is 0.308. The lowest BCUT2D eigenvalue weighted by molar-refractivity contribution is -0.141. The van der Waals surface area contributed by atoms with Gasteiger partial charge in [0.15, 0.2) is 0 Å². The van der Waals surface area contributed by atoms with Crippen molar-refractivity contribution in [2.75, 3.05) is 7.11 Å². The van der Waals surface area contributed by atoms with Gasteiger partial charge in [-0.25, -0.2) is 0 Å². The summed E-state index contributed by atoms with van der Waals surface area (Å²) in [6.45, 7) is 1.71. The second-order valence-electron chi connectivity index (χ2n) is 4.03. The lowest BCUT2D eigenvalue weighted by Gasteiger charge is -2.12. The molecule has 0 spiro atoms. The van der Waals surface area contributed by atoms with E-state index in [-0.39, 0.29) is 0 Å². The predicted molar refractivity (Wildman–Crippen MR) is 68.9 cm³/mol. The van der Waals surface area contributed by atoms with E-state index in [9.17, 15) is 4.79 Å². The predicted octanol–water partition coefficient (Wildman–Crippen LogP) is 3.17. The molecule has 1 aromatic carbocycles. The zero-order chi connectivity index (χ0) is 12.4. The molecule has 0 aliphatic rings. The molecule has 0 saturated heterocycles. The highest BCUT2D eigenvalue weighted by Crippen LogP contribution is 2.34. The Morgan fingerprint density at radius 3 is 2.88 bits per heavy atom. The number of ether oxygens (including phenoxy) is 1. The Kier molecular flexibility index (Phi) is 3.33. The first kappa shape index (κ1) is 11.9. The van der Waals surface area contributed by atoms with Gasteiger partial charge in [0.25, 0.3) is 0 Å². The Labute approximate surface area is 104 Å². The van der Waals surface area contributed by atoms with Crippen LogP contribution >= 0.6 is 11.3 Å². The zero-order valence-corrected chi connectivity index (χ0v) is 10.6. The van der Waals surface area contributed by atoms with Crippen molar-refractivity contribution in [3.05, 3.63) is 29.1 Å². The summed E-state index contributed by atoms with van der Waals surface area (Å²) in [5, 5.41) is 12.0. The van der Waals surface area contributed by atoms with Gasteiger partial charge in [-0.3, -0.25) is 4.79 Å². The van der Waals surface area contributed by atoms with Crippen LogP contribution in [0.3, 0.4) is 0 Å². The molecular weight excluding hydrogens is 236 g/mol. The van der Waals surface area contributed by atoms with Crippen molar-refractivity contribution in [2.45, 2.75) is 13.3 Å². The van der Waals surface area contributed by atoms with Crippen LogP contribution < -0.4 is 4.74 Å². The third-order valence-electron chi connectivity index (χ3n) is 2.82. The van der Waals surface area contributed by atoms with Gasteiger partial charge in [0.05, 0.1) is 13.0 Å². The fourth-order valence-electron chi connectivity index (χ4n) is 1.88. The summed E-state index contributed by atoms with van der Waals surface area (Å²) >= 11 is 1.65. The number of thiophene rings is 1. The van der Waals surface area contributed by atoms with Gasteiger partial charge in [-0.15, -0.1) is 11.3 Å². The van der Waals surface area contributed by atoms with Crippen LogP contribution in [0.4, 0.5) is 0 Å². The Bertz CT molecular complexity index is 545. The minimum atomic E-state index is -0.780. The van der Waals surface area contributed by atoms with Crippen LogP contribution in [0.15, 0.2) is 23.6 Å². The maximum absolute atomic E-state index is 10.9. The molecule has 0 fully saturated rings. The van der Waals surface area contributed by atoms with Crippen LogP contribution in [0.5, 0.6) is 5.75 Å². The Hall–Kier alpha value is -1.55. The summed E-state index contributed by atoms with van der Waals surface area (Å²) < 4.78 is 6.57. The number of carboxylic acid groups (broad SMARTS) is 1. The second-order valence-corrected chi connectivity index (χ2v) is 4.98. The largest absolute Gasteiger partial charge is 0.496 e. The first-order valence-corrected chi connectivity index (χ1v) is 6.27. The van der Waals surface area contributed by atoms with Gasteiger partial charge in [-0.1, -0.05) is 13.0 Å². The average molecular weight is 250 g/mol. The molecule has 3 nitrogen and oxygen atoms in total. The van der Waals surface area contributed by atoms with E-state index >= 15 is 0 Å². The van der Waals surface area contributed by atoms with Crippen molar-refractivity contribution in [3.8, 4) is 5.75 Å². The van der Waals surface area contributed by atoms with E-state index in [1.165, 1.54) is 0 Å². The molecule has 1 atom stereocenters. The van der Waals surface area contributed by atoms with Crippen molar-refractivity contribution in [1.29, 1.82) is 0 Å². The first-order valence-electron chi connectivity index (χ1n) is 5.39. The number of carbonyl (C=O) groups is 1. The van der Waals surface area contributed by atoms with Gasteiger partial charge in [0.1, 0.15) is 5.75 Å². The number of methoxy groups -OCH3 is 1. The summed E-state index contributed by atoms with van der Waals surface area (Å²) in [4.78, 5) is 10.9. The molecule has 17 heavy (non-hydrogen) atoms. The SMILES string of the molecule is COc1c(CC(C)C(=O)O)ccc2sccc12. The van der Waals surface area contributed by atoms with E-state index in [0.717, 1.165) is 21.4 Å². The monoisotopic (exact) mass is 250 g/mol. The normalized spacial score (nSPS) is 12.6. The highest BCUT2D eigenvalue weighted by molar-refractivity contribution is 7.17. The molecule has 1 aromatic heterocycles. The molecule has 1 heterocycles. The van der Waals surface area contributed by atoms with Gasteiger partial charge in [0.2, 0.25) is 0 Å². The van der Waals surface area contributed by atoms with Crippen LogP contribution in [0.2, 0.25) is 0 Å². The van der Waals surface area contributed by atoms with Crippen molar-refractivity contribution >= 4 is 27.4 Å². The number of aliphatic carboxylic acids is 1. The standard InChI is InChI=1S/C13H14O3S/c1-8(13(14)15)7-9-3-4-11-10(5-6-17-11)12(9)16-2/h3-6,8H,7H2,1-2H3,(H,14,15). The number of benzene rings is 1. The maximum atomic E-state index is 10.9. The smallest absolute Gasteiger partial charge is 0.306 e. The molecule has 0 amide bonds. The van der Waals surface area contributed by atoms with E-state index < -0.39 is 11.9 Å². The summed E-state index contributed by atoms with van der Waals surface area (Å²) in [5.74, 6) is -0.380. The molecule has 2 aromatic rings. The minimum Gasteiger partial charge on any atom is -0.496 e. The maximum Gasteiger partial charge on any atom is 0.306 e. The van der Waals surface area contributed by atoms with E-state index in [1.54, 1.807) is 25.4 Å². The van der Waals surface area contributed by atoms with Gasteiger partial charge in [-0.2, -0.15) is 0 Å². The van der Waals surface area contributed by atoms with Gasteiger partial charge >= 0.3 is 5.97 Å². The summed E-state index contributed by atoms with van der Waals surface area (Å²) in [7, 11) is 1.63. The molecule has 0 aliphatic carbocycles. The van der Waals surface area contributed by atoms with Crippen LogP contribution in [-0.4, -0.2) is 18.2 Å². The van der Waals surface area contributed by atoms with Gasteiger partial charge in [-0.05, 0) is 29.5 Å². The first-order chi connectivity index (χ1) is 8.13. The summed E-state index contributed by atoms with van der Waals surface area (Å²) in [5.41, 5.74) is 0.952. The van der Waals surface area contributed by atoms with Gasteiger partial charge < -0.3 is 9.84 Å². The molecule has 1 unspecified atom stereocenters. The lowest BCUT2D eigenvalue weighted by Crippen LogP contribution is -2.12. The van der Waals surface area contributed by atoms with Crippen molar-refractivity contribution in [1.82, 2.24) is 0 Å². The van der Waals surface area contributed by atoms with E-state index in [2.05, 4.69) is 0 Å². The summed E-state index contributed by atoms with van der Waals surface area (Å²) in [6, 6.07) is 5.98. The highest BCUT2D eigenvalue weighted by atomic mass is 32.1. The molecule has 0 saturated carbocycles. The van der Waals surface area contributed by atoms with Crippen molar-refractivity contribution < 1.29 is 14.6 Å². The number of rotatable bonds is 4.